The molecule has 0 spiro atoms. The van der Waals surface area contributed by atoms with E-state index in [2.05, 4.69) is 0 Å². The van der Waals surface area contributed by atoms with E-state index in [1.165, 1.54) is 0 Å². The molecular weight excluding hydrogens is 158 g/mol. The van der Waals surface area contributed by atoms with E-state index in [0.717, 1.165) is 0 Å². The van der Waals surface area contributed by atoms with E-state index < -0.39 is 5.79 Å². The molecule has 0 aliphatic heterocycles. The molecule has 0 radical (unpaired) electrons. The topological polar surface area (TPSA) is 53.7 Å². The summed E-state index contributed by atoms with van der Waals surface area (Å²) in [6, 6.07) is -0.262. The van der Waals surface area contributed by atoms with E-state index in [0.29, 0.717) is 13.0 Å². The molecule has 0 rings (SSSR count). The molecule has 0 aliphatic carbocycles. The molecule has 0 aromatic heterocycles. The van der Waals surface area contributed by atoms with Gasteiger partial charge < -0.3 is 19.9 Å². The Morgan fingerprint density at radius 1 is 1.25 bits per heavy atom. The highest BCUT2D eigenvalue weighted by Gasteiger charge is 2.34. The second-order valence-electron chi connectivity index (χ2n) is 2.64. The molecule has 0 heterocycles. The first-order valence-corrected chi connectivity index (χ1v) is 4.01. The minimum absolute atomic E-state index is 0.262. The van der Waals surface area contributed by atoms with Crippen molar-refractivity contribution in [3.8, 4) is 0 Å². The van der Waals surface area contributed by atoms with Crippen LogP contribution in [-0.2, 0) is 14.2 Å². The molecule has 12 heavy (non-hydrogen) atoms. The lowest BCUT2D eigenvalue weighted by Gasteiger charge is -2.34. The van der Waals surface area contributed by atoms with Gasteiger partial charge in [-0.05, 0) is 0 Å². The van der Waals surface area contributed by atoms with Crippen LogP contribution in [-0.4, -0.2) is 39.8 Å². The maximum absolute atomic E-state index is 5.82. The fourth-order valence-electron chi connectivity index (χ4n) is 1.24. The van der Waals surface area contributed by atoms with Crippen LogP contribution in [0.2, 0.25) is 0 Å². The normalized spacial score (nSPS) is 14.8. The summed E-state index contributed by atoms with van der Waals surface area (Å²) < 4.78 is 15.4. The molecule has 0 aromatic carbocycles. The summed E-state index contributed by atoms with van der Waals surface area (Å²) >= 11 is 0. The van der Waals surface area contributed by atoms with Gasteiger partial charge >= 0.3 is 0 Å². The molecule has 4 heteroatoms. The van der Waals surface area contributed by atoms with Crippen molar-refractivity contribution >= 4 is 0 Å². The van der Waals surface area contributed by atoms with Gasteiger partial charge in [0, 0.05) is 27.8 Å². The van der Waals surface area contributed by atoms with E-state index in [-0.39, 0.29) is 6.04 Å². The third-order valence-corrected chi connectivity index (χ3v) is 2.10. The van der Waals surface area contributed by atoms with Gasteiger partial charge in [-0.1, -0.05) is 6.92 Å². The summed E-state index contributed by atoms with van der Waals surface area (Å²) in [5.74, 6) is -0.712. The second-order valence-corrected chi connectivity index (χ2v) is 2.64. The summed E-state index contributed by atoms with van der Waals surface area (Å²) in [6.45, 7) is 2.39. The van der Waals surface area contributed by atoms with Crippen LogP contribution >= 0.6 is 0 Å². The summed E-state index contributed by atoms with van der Waals surface area (Å²) in [7, 11) is 4.77. The fraction of sp³-hybridized carbons (Fsp3) is 1.00. The van der Waals surface area contributed by atoms with Crippen LogP contribution in [0.15, 0.2) is 0 Å². The standard InChI is InChI=1S/C8H19NO3/c1-5-8(11-3,12-4)7(9)6-10-2/h7H,5-6,9H2,1-4H3/t7-/m0/s1. The first-order valence-electron chi connectivity index (χ1n) is 4.01. The molecule has 0 fully saturated rings. The van der Waals surface area contributed by atoms with Gasteiger partial charge in [0.2, 0.25) is 0 Å². The van der Waals surface area contributed by atoms with Crippen LogP contribution in [0.25, 0.3) is 0 Å². The Bertz CT molecular complexity index is 107. The van der Waals surface area contributed by atoms with Crippen LogP contribution in [0, 0.1) is 0 Å². The lowest BCUT2D eigenvalue weighted by Crippen LogP contribution is -2.53. The Labute approximate surface area is 74.0 Å². The summed E-state index contributed by atoms with van der Waals surface area (Å²) in [5.41, 5.74) is 5.82. The lowest BCUT2D eigenvalue weighted by atomic mass is 10.1. The molecular formula is C8H19NO3. The van der Waals surface area contributed by atoms with Gasteiger partial charge in [0.15, 0.2) is 5.79 Å². The van der Waals surface area contributed by atoms with Gasteiger partial charge in [-0.25, -0.2) is 0 Å². The fourth-order valence-corrected chi connectivity index (χ4v) is 1.24. The van der Waals surface area contributed by atoms with Gasteiger partial charge in [0.25, 0.3) is 0 Å². The van der Waals surface area contributed by atoms with Crippen LogP contribution in [0.5, 0.6) is 0 Å². The van der Waals surface area contributed by atoms with Crippen molar-refractivity contribution in [1.82, 2.24) is 0 Å². The monoisotopic (exact) mass is 177 g/mol. The van der Waals surface area contributed by atoms with E-state index in [9.17, 15) is 0 Å². The maximum atomic E-state index is 5.82. The lowest BCUT2D eigenvalue weighted by molar-refractivity contribution is -0.226. The SMILES string of the molecule is CCC(OC)(OC)[C@@H](N)COC. The average molecular weight is 177 g/mol. The van der Waals surface area contributed by atoms with Crippen molar-refractivity contribution in [3.63, 3.8) is 0 Å². The molecule has 0 unspecified atom stereocenters. The van der Waals surface area contributed by atoms with Gasteiger partial charge in [-0.2, -0.15) is 0 Å². The first-order chi connectivity index (χ1) is 5.66. The predicted octanol–water partition coefficient (Wildman–Crippen LogP) is 0.359. The number of hydrogen-bond acceptors (Lipinski definition) is 4. The number of methoxy groups -OCH3 is 3. The molecule has 1 atom stereocenters. The molecule has 2 N–H and O–H groups in total. The zero-order valence-corrected chi connectivity index (χ0v) is 8.29. The Morgan fingerprint density at radius 2 is 1.75 bits per heavy atom. The van der Waals surface area contributed by atoms with Crippen LogP contribution in [0.1, 0.15) is 13.3 Å². The smallest absolute Gasteiger partial charge is 0.184 e. The average Bonchev–Trinajstić information content (AvgIpc) is 2.09. The van der Waals surface area contributed by atoms with Crippen molar-refractivity contribution in [2.45, 2.75) is 25.2 Å². The highest BCUT2D eigenvalue weighted by molar-refractivity contribution is 4.80. The maximum Gasteiger partial charge on any atom is 0.184 e. The molecule has 0 amide bonds. The Kier molecular flexibility index (Phi) is 5.41. The Balaban J connectivity index is 4.24. The zero-order chi connectivity index (χ0) is 9.61. The highest BCUT2D eigenvalue weighted by Crippen LogP contribution is 2.19. The Morgan fingerprint density at radius 3 is 2.00 bits per heavy atom. The summed E-state index contributed by atoms with van der Waals surface area (Å²) in [5, 5.41) is 0. The predicted molar refractivity (Wildman–Crippen MR) is 46.9 cm³/mol. The van der Waals surface area contributed by atoms with Gasteiger partial charge in [0.1, 0.15) is 0 Å². The highest BCUT2D eigenvalue weighted by atomic mass is 16.7. The van der Waals surface area contributed by atoms with Crippen molar-refractivity contribution in [3.05, 3.63) is 0 Å². The number of hydrogen-bond donors (Lipinski definition) is 1. The van der Waals surface area contributed by atoms with Gasteiger partial charge in [-0.15, -0.1) is 0 Å². The second kappa shape index (κ2) is 5.48. The Hall–Kier alpha value is -0.160. The van der Waals surface area contributed by atoms with Gasteiger partial charge in [-0.3, -0.25) is 0 Å². The number of nitrogens with two attached hydrogens (primary N) is 1. The van der Waals surface area contributed by atoms with Crippen molar-refractivity contribution in [2.24, 2.45) is 5.73 Å². The van der Waals surface area contributed by atoms with Gasteiger partial charge in [0.05, 0.1) is 12.6 Å². The minimum Gasteiger partial charge on any atom is -0.383 e. The third-order valence-electron chi connectivity index (χ3n) is 2.10. The molecule has 0 saturated carbocycles. The van der Waals surface area contributed by atoms with E-state index >= 15 is 0 Å². The minimum atomic E-state index is -0.712. The first kappa shape index (κ1) is 11.8. The summed E-state index contributed by atoms with van der Waals surface area (Å²) in [6.07, 6.45) is 0.699. The molecule has 0 aliphatic rings. The van der Waals surface area contributed by atoms with Crippen LogP contribution < -0.4 is 5.73 Å². The van der Waals surface area contributed by atoms with E-state index in [1.54, 1.807) is 21.3 Å². The molecule has 4 nitrogen and oxygen atoms in total. The summed E-state index contributed by atoms with van der Waals surface area (Å²) in [4.78, 5) is 0. The quantitative estimate of drug-likeness (QED) is 0.595. The molecule has 74 valence electrons. The van der Waals surface area contributed by atoms with Crippen molar-refractivity contribution < 1.29 is 14.2 Å². The van der Waals surface area contributed by atoms with Crippen molar-refractivity contribution in [2.75, 3.05) is 27.9 Å². The zero-order valence-electron chi connectivity index (χ0n) is 8.29. The van der Waals surface area contributed by atoms with Crippen molar-refractivity contribution in [1.29, 1.82) is 0 Å². The third kappa shape index (κ3) is 2.42. The van der Waals surface area contributed by atoms with E-state index in [4.69, 9.17) is 19.9 Å². The molecule has 0 saturated heterocycles. The number of rotatable bonds is 6. The van der Waals surface area contributed by atoms with Crippen LogP contribution in [0.4, 0.5) is 0 Å². The van der Waals surface area contributed by atoms with Crippen LogP contribution in [0.3, 0.4) is 0 Å². The largest absolute Gasteiger partial charge is 0.383 e. The molecule has 0 bridgehead atoms. The van der Waals surface area contributed by atoms with E-state index in [1.807, 2.05) is 6.92 Å². The molecule has 0 aromatic rings. The number of ether oxygens (including phenoxy) is 3.